The fourth-order valence-corrected chi connectivity index (χ4v) is 2.74. The lowest BCUT2D eigenvalue weighted by Gasteiger charge is -2.17. The molecule has 0 saturated carbocycles. The molecule has 1 aliphatic heterocycles. The van der Waals surface area contributed by atoms with E-state index in [9.17, 15) is 0 Å². The Morgan fingerprint density at radius 1 is 1.19 bits per heavy atom. The summed E-state index contributed by atoms with van der Waals surface area (Å²) in [7, 11) is 0. The van der Waals surface area contributed by atoms with E-state index in [1.807, 2.05) is 0 Å². The Bertz CT molecular complexity index is 401. The van der Waals surface area contributed by atoms with Gasteiger partial charge < -0.3 is 5.32 Å². The van der Waals surface area contributed by atoms with Gasteiger partial charge in [-0.3, -0.25) is 4.99 Å². The summed E-state index contributed by atoms with van der Waals surface area (Å²) in [5.74, 6) is 1.14. The van der Waals surface area contributed by atoms with Crippen molar-refractivity contribution in [2.75, 3.05) is 11.9 Å². The predicted octanol–water partition coefficient (Wildman–Crippen LogP) is 4.06. The Morgan fingerprint density at radius 3 is 2.44 bits per heavy atom. The van der Waals surface area contributed by atoms with Crippen LogP contribution in [-0.2, 0) is 0 Å². The maximum absolute atomic E-state index is 4.52. The van der Waals surface area contributed by atoms with E-state index < -0.39 is 0 Å². The van der Waals surface area contributed by atoms with Gasteiger partial charge in [-0.2, -0.15) is 0 Å². The third-order valence-corrected chi connectivity index (χ3v) is 3.35. The van der Waals surface area contributed by atoms with Gasteiger partial charge in [0, 0.05) is 23.1 Å². The molecule has 0 saturated heterocycles. The Hall–Kier alpha value is -0.830. The molecule has 0 radical (unpaired) electrons. The molecule has 1 aliphatic rings. The number of nitrogens with one attached hydrogen (secondary N) is 1. The third kappa shape index (κ3) is 2.64. The van der Waals surface area contributed by atoms with Crippen molar-refractivity contribution in [3.05, 3.63) is 27.7 Å². The van der Waals surface area contributed by atoms with Crippen molar-refractivity contribution in [3.8, 4) is 0 Å². The maximum atomic E-state index is 4.52. The van der Waals surface area contributed by atoms with Crippen LogP contribution < -0.4 is 5.32 Å². The lowest BCUT2D eigenvalue weighted by atomic mass is 10.1. The zero-order valence-electron chi connectivity index (χ0n) is 9.81. The van der Waals surface area contributed by atoms with Crippen molar-refractivity contribution < 1.29 is 0 Å². The molecule has 0 amide bonds. The number of anilines is 1. The molecule has 3 heteroatoms. The van der Waals surface area contributed by atoms with Crippen molar-refractivity contribution in [1.29, 1.82) is 0 Å². The van der Waals surface area contributed by atoms with Crippen LogP contribution in [0.3, 0.4) is 0 Å². The van der Waals surface area contributed by atoms with Gasteiger partial charge in [0.25, 0.3) is 0 Å². The molecule has 0 spiro atoms. The van der Waals surface area contributed by atoms with Gasteiger partial charge in [0.15, 0.2) is 0 Å². The number of amidine groups is 1. The van der Waals surface area contributed by atoms with Crippen LogP contribution >= 0.6 is 15.9 Å². The van der Waals surface area contributed by atoms with Gasteiger partial charge in [0.1, 0.15) is 5.84 Å². The second-order valence-electron chi connectivity index (χ2n) is 4.33. The largest absolute Gasteiger partial charge is 0.344 e. The van der Waals surface area contributed by atoms with E-state index in [1.165, 1.54) is 29.7 Å². The molecule has 1 heterocycles. The zero-order valence-corrected chi connectivity index (χ0v) is 11.4. The molecule has 0 aromatic heterocycles. The number of nitrogens with zero attached hydrogens (tertiary/aromatic N) is 1. The van der Waals surface area contributed by atoms with Gasteiger partial charge in [-0.15, -0.1) is 0 Å². The second-order valence-corrected chi connectivity index (χ2v) is 5.24. The molecule has 16 heavy (non-hydrogen) atoms. The van der Waals surface area contributed by atoms with Gasteiger partial charge in [0.05, 0.1) is 0 Å². The van der Waals surface area contributed by atoms with Crippen LogP contribution in [0.1, 0.15) is 30.4 Å². The normalized spacial score (nSPS) is 15.8. The Morgan fingerprint density at radius 2 is 1.88 bits per heavy atom. The fourth-order valence-electron chi connectivity index (χ4n) is 2.05. The first-order valence-electron chi connectivity index (χ1n) is 5.74. The summed E-state index contributed by atoms with van der Waals surface area (Å²) < 4.78 is 1.14. The van der Waals surface area contributed by atoms with Crippen LogP contribution in [0.15, 0.2) is 21.6 Å². The van der Waals surface area contributed by atoms with Gasteiger partial charge in [-0.05, 0) is 49.9 Å². The van der Waals surface area contributed by atoms with E-state index >= 15 is 0 Å². The SMILES string of the molecule is Cc1cc(Br)cc(C)c1NC1=NCCCC1. The van der Waals surface area contributed by atoms with Gasteiger partial charge in [0.2, 0.25) is 0 Å². The fraction of sp³-hybridized carbons (Fsp3) is 0.462. The highest BCUT2D eigenvalue weighted by molar-refractivity contribution is 9.10. The highest BCUT2D eigenvalue weighted by atomic mass is 79.9. The van der Waals surface area contributed by atoms with Crippen LogP contribution in [0.5, 0.6) is 0 Å². The molecule has 0 bridgehead atoms. The van der Waals surface area contributed by atoms with E-state index in [0.29, 0.717) is 0 Å². The summed E-state index contributed by atoms with van der Waals surface area (Å²) in [6.07, 6.45) is 3.55. The number of halogens is 1. The molecule has 0 aliphatic carbocycles. The molecular weight excluding hydrogens is 264 g/mol. The topological polar surface area (TPSA) is 24.4 Å². The van der Waals surface area contributed by atoms with E-state index in [0.717, 1.165) is 23.3 Å². The lowest BCUT2D eigenvalue weighted by Crippen LogP contribution is -2.17. The van der Waals surface area contributed by atoms with Crippen molar-refractivity contribution in [3.63, 3.8) is 0 Å². The maximum Gasteiger partial charge on any atom is 0.101 e. The molecular formula is C13H17BrN2. The first-order chi connectivity index (χ1) is 7.66. The third-order valence-electron chi connectivity index (χ3n) is 2.89. The minimum absolute atomic E-state index is 0.969. The molecule has 2 rings (SSSR count). The Balaban J connectivity index is 2.24. The molecule has 1 aromatic carbocycles. The van der Waals surface area contributed by atoms with Gasteiger partial charge >= 0.3 is 0 Å². The number of aryl methyl sites for hydroxylation is 2. The smallest absolute Gasteiger partial charge is 0.101 e. The summed E-state index contributed by atoms with van der Waals surface area (Å²) in [5.41, 5.74) is 3.74. The van der Waals surface area contributed by atoms with Crippen molar-refractivity contribution >= 4 is 27.5 Å². The van der Waals surface area contributed by atoms with Crippen molar-refractivity contribution in [2.24, 2.45) is 4.99 Å². The number of aliphatic imine (C=N–C) groups is 1. The Kier molecular flexibility index (Phi) is 3.64. The van der Waals surface area contributed by atoms with Crippen molar-refractivity contribution in [1.82, 2.24) is 0 Å². The molecule has 2 nitrogen and oxygen atoms in total. The van der Waals surface area contributed by atoms with E-state index in [4.69, 9.17) is 0 Å². The van der Waals surface area contributed by atoms with Gasteiger partial charge in [-0.25, -0.2) is 0 Å². The standard InChI is InChI=1S/C13H17BrN2/c1-9-7-11(14)8-10(2)13(9)16-12-5-3-4-6-15-12/h7-8H,3-6H2,1-2H3,(H,15,16). The molecule has 1 aromatic rings. The summed E-state index contributed by atoms with van der Waals surface area (Å²) in [6.45, 7) is 5.23. The highest BCUT2D eigenvalue weighted by Gasteiger charge is 2.09. The van der Waals surface area contributed by atoms with E-state index in [-0.39, 0.29) is 0 Å². The molecule has 86 valence electrons. The minimum atomic E-state index is 0.969. The average Bonchev–Trinajstić information content (AvgIpc) is 2.25. The molecule has 1 N–H and O–H groups in total. The van der Waals surface area contributed by atoms with Crippen LogP contribution in [0, 0.1) is 13.8 Å². The Labute approximate surface area is 105 Å². The monoisotopic (exact) mass is 280 g/mol. The molecule has 0 unspecified atom stereocenters. The second kappa shape index (κ2) is 5.00. The summed E-state index contributed by atoms with van der Waals surface area (Å²) in [5, 5.41) is 3.47. The minimum Gasteiger partial charge on any atom is -0.344 e. The number of rotatable bonds is 1. The van der Waals surface area contributed by atoms with E-state index in [2.05, 4.69) is 52.2 Å². The first kappa shape index (κ1) is 11.6. The summed E-state index contributed by atoms with van der Waals surface area (Å²) in [6, 6.07) is 4.28. The van der Waals surface area contributed by atoms with Crippen LogP contribution in [-0.4, -0.2) is 12.4 Å². The van der Waals surface area contributed by atoms with Crippen molar-refractivity contribution in [2.45, 2.75) is 33.1 Å². The highest BCUT2D eigenvalue weighted by Crippen LogP contribution is 2.25. The number of benzene rings is 1. The van der Waals surface area contributed by atoms with E-state index in [1.54, 1.807) is 0 Å². The van der Waals surface area contributed by atoms with Gasteiger partial charge in [-0.1, -0.05) is 15.9 Å². The summed E-state index contributed by atoms with van der Waals surface area (Å²) >= 11 is 3.51. The molecule has 0 fully saturated rings. The quantitative estimate of drug-likeness (QED) is 0.824. The summed E-state index contributed by atoms with van der Waals surface area (Å²) in [4.78, 5) is 4.52. The zero-order chi connectivity index (χ0) is 11.5. The van der Waals surface area contributed by atoms with Crippen LogP contribution in [0.2, 0.25) is 0 Å². The molecule has 0 atom stereocenters. The lowest BCUT2D eigenvalue weighted by molar-refractivity contribution is 0.737. The predicted molar refractivity (Wildman–Crippen MR) is 73.4 cm³/mol. The first-order valence-corrected chi connectivity index (χ1v) is 6.53. The number of hydrogen-bond donors (Lipinski definition) is 1. The number of hydrogen-bond acceptors (Lipinski definition) is 2. The van der Waals surface area contributed by atoms with Crippen LogP contribution in [0.25, 0.3) is 0 Å². The average molecular weight is 281 g/mol. The van der Waals surface area contributed by atoms with Crippen LogP contribution in [0.4, 0.5) is 5.69 Å².